The summed E-state index contributed by atoms with van der Waals surface area (Å²) in [6.07, 6.45) is 4.88. The summed E-state index contributed by atoms with van der Waals surface area (Å²) in [5.41, 5.74) is 0.864. The first-order valence-electron chi connectivity index (χ1n) is 4.87. The third-order valence-electron chi connectivity index (χ3n) is 2.18. The van der Waals surface area contributed by atoms with Gasteiger partial charge in [-0.25, -0.2) is 4.98 Å². The molecule has 0 saturated carbocycles. The molecular formula is C10H13N3OS. The lowest BCUT2D eigenvalue weighted by Gasteiger charge is -1.96. The molecular weight excluding hydrogens is 210 g/mol. The molecule has 2 heterocycles. The molecule has 0 atom stereocenters. The van der Waals surface area contributed by atoms with Crippen LogP contribution in [0.15, 0.2) is 17.8 Å². The van der Waals surface area contributed by atoms with Crippen molar-refractivity contribution in [3.63, 3.8) is 0 Å². The van der Waals surface area contributed by atoms with Crippen molar-refractivity contribution in [1.29, 1.82) is 0 Å². The molecule has 0 aliphatic rings. The predicted molar refractivity (Wildman–Crippen MR) is 60.3 cm³/mol. The Labute approximate surface area is 91.9 Å². The lowest BCUT2D eigenvalue weighted by Crippen LogP contribution is -2.14. The van der Waals surface area contributed by atoms with Gasteiger partial charge in [-0.05, 0) is 7.05 Å². The second kappa shape index (κ2) is 4.55. The fourth-order valence-electron chi connectivity index (χ4n) is 1.42. The van der Waals surface area contributed by atoms with Gasteiger partial charge < -0.3 is 5.32 Å². The summed E-state index contributed by atoms with van der Waals surface area (Å²) < 4.78 is 1.95. The molecule has 0 spiro atoms. The minimum absolute atomic E-state index is 0.232. The van der Waals surface area contributed by atoms with E-state index in [0.29, 0.717) is 12.8 Å². The van der Waals surface area contributed by atoms with Crippen LogP contribution in [0.3, 0.4) is 0 Å². The van der Waals surface area contributed by atoms with Gasteiger partial charge in [0.2, 0.25) is 0 Å². The fraction of sp³-hybridized carbons (Fsp3) is 0.400. The van der Waals surface area contributed by atoms with Crippen molar-refractivity contribution in [3.05, 3.63) is 23.5 Å². The summed E-state index contributed by atoms with van der Waals surface area (Å²) in [6.45, 7) is 0.737. The number of fused-ring (bicyclic) bond motifs is 1. The Hall–Kier alpha value is -1.20. The first kappa shape index (κ1) is 10.3. The molecule has 4 nitrogen and oxygen atoms in total. The van der Waals surface area contributed by atoms with Gasteiger partial charge in [0.1, 0.15) is 5.78 Å². The molecule has 1 N–H and O–H groups in total. The van der Waals surface area contributed by atoms with Crippen LogP contribution in [-0.4, -0.2) is 28.8 Å². The molecule has 0 bridgehead atoms. The third-order valence-corrected chi connectivity index (χ3v) is 2.95. The topological polar surface area (TPSA) is 46.4 Å². The number of nitrogens with one attached hydrogen (secondary N) is 1. The predicted octanol–water partition coefficient (Wildman–Crippen LogP) is 1.12. The van der Waals surface area contributed by atoms with E-state index in [4.69, 9.17) is 0 Å². The summed E-state index contributed by atoms with van der Waals surface area (Å²) in [4.78, 5) is 16.8. The summed E-state index contributed by atoms with van der Waals surface area (Å²) in [5, 5.41) is 4.94. The van der Waals surface area contributed by atoms with E-state index in [2.05, 4.69) is 10.3 Å². The van der Waals surface area contributed by atoms with Crippen LogP contribution in [0, 0.1) is 0 Å². The van der Waals surface area contributed by atoms with E-state index in [9.17, 15) is 4.79 Å². The summed E-state index contributed by atoms with van der Waals surface area (Å²) >= 11 is 1.58. The van der Waals surface area contributed by atoms with Crippen molar-refractivity contribution < 1.29 is 4.79 Å². The highest BCUT2D eigenvalue weighted by molar-refractivity contribution is 7.15. The van der Waals surface area contributed by atoms with Crippen LogP contribution in [0.4, 0.5) is 0 Å². The molecule has 5 heteroatoms. The Morgan fingerprint density at radius 1 is 1.67 bits per heavy atom. The lowest BCUT2D eigenvalue weighted by molar-refractivity contribution is -0.118. The molecule has 2 rings (SSSR count). The molecule has 0 unspecified atom stereocenters. The van der Waals surface area contributed by atoms with Gasteiger partial charge in [-0.15, -0.1) is 11.3 Å². The summed E-state index contributed by atoms with van der Waals surface area (Å²) in [7, 11) is 1.85. The van der Waals surface area contributed by atoms with Gasteiger partial charge in [0.25, 0.3) is 0 Å². The number of aromatic nitrogens is 2. The number of hydrogen-bond donors (Lipinski definition) is 1. The quantitative estimate of drug-likeness (QED) is 0.826. The number of Topliss-reactive ketones (excluding diaryl/α,β-unsaturated/α-hetero) is 1. The molecule has 15 heavy (non-hydrogen) atoms. The Balaban J connectivity index is 2.00. The van der Waals surface area contributed by atoms with Gasteiger partial charge in [0.15, 0.2) is 4.96 Å². The highest BCUT2D eigenvalue weighted by atomic mass is 32.1. The molecule has 0 radical (unpaired) electrons. The van der Waals surface area contributed by atoms with Crippen molar-refractivity contribution >= 4 is 22.1 Å². The zero-order chi connectivity index (χ0) is 10.7. The van der Waals surface area contributed by atoms with Crippen LogP contribution >= 0.6 is 11.3 Å². The molecule has 0 fully saturated rings. The molecule has 80 valence electrons. The second-order valence-electron chi connectivity index (χ2n) is 3.39. The average molecular weight is 223 g/mol. The van der Waals surface area contributed by atoms with E-state index < -0.39 is 0 Å². The van der Waals surface area contributed by atoms with Crippen molar-refractivity contribution in [2.45, 2.75) is 12.8 Å². The van der Waals surface area contributed by atoms with Crippen LogP contribution in [0.5, 0.6) is 0 Å². The zero-order valence-electron chi connectivity index (χ0n) is 8.56. The highest BCUT2D eigenvalue weighted by Crippen LogP contribution is 2.11. The van der Waals surface area contributed by atoms with Gasteiger partial charge in [0.05, 0.1) is 12.1 Å². The number of thiazole rings is 1. The minimum Gasteiger partial charge on any atom is -0.319 e. The van der Waals surface area contributed by atoms with Gasteiger partial charge >= 0.3 is 0 Å². The molecule has 2 aromatic rings. The van der Waals surface area contributed by atoms with Crippen LogP contribution in [0.1, 0.15) is 12.1 Å². The Morgan fingerprint density at radius 2 is 2.53 bits per heavy atom. The number of rotatable bonds is 5. The Morgan fingerprint density at radius 3 is 3.27 bits per heavy atom. The summed E-state index contributed by atoms with van der Waals surface area (Å²) in [6, 6.07) is 0. The number of carbonyl (C=O) groups excluding carboxylic acids is 1. The molecule has 0 aliphatic carbocycles. The summed E-state index contributed by atoms with van der Waals surface area (Å²) in [5.74, 6) is 0.232. The monoisotopic (exact) mass is 223 g/mol. The third kappa shape index (κ3) is 2.43. The average Bonchev–Trinajstić information content (AvgIpc) is 2.74. The molecule has 0 amide bonds. The molecule has 0 saturated heterocycles. The van der Waals surface area contributed by atoms with E-state index >= 15 is 0 Å². The number of imidazole rings is 1. The van der Waals surface area contributed by atoms with E-state index in [1.807, 2.05) is 29.2 Å². The lowest BCUT2D eigenvalue weighted by atomic mass is 10.2. The maximum Gasteiger partial charge on any atom is 0.193 e. The van der Waals surface area contributed by atoms with Gasteiger partial charge in [-0.3, -0.25) is 9.20 Å². The van der Waals surface area contributed by atoms with Crippen LogP contribution in [-0.2, 0) is 11.2 Å². The number of carbonyl (C=O) groups is 1. The maximum absolute atomic E-state index is 11.5. The SMILES string of the molecule is CNCCC(=O)Cc1cn2ccsc2n1. The largest absolute Gasteiger partial charge is 0.319 e. The number of ketones is 1. The normalized spacial score (nSPS) is 11.0. The molecule has 0 aromatic carbocycles. The van der Waals surface area contributed by atoms with Gasteiger partial charge in [-0.2, -0.15) is 0 Å². The first-order valence-corrected chi connectivity index (χ1v) is 5.75. The van der Waals surface area contributed by atoms with Crippen molar-refractivity contribution in [1.82, 2.24) is 14.7 Å². The minimum atomic E-state index is 0.232. The second-order valence-corrected chi connectivity index (χ2v) is 4.27. The molecule has 2 aromatic heterocycles. The Kier molecular flexibility index (Phi) is 3.13. The highest BCUT2D eigenvalue weighted by Gasteiger charge is 2.07. The first-order chi connectivity index (χ1) is 7.29. The smallest absolute Gasteiger partial charge is 0.193 e. The van der Waals surface area contributed by atoms with Crippen LogP contribution < -0.4 is 5.32 Å². The number of hydrogen-bond acceptors (Lipinski definition) is 4. The van der Waals surface area contributed by atoms with Crippen molar-refractivity contribution in [2.24, 2.45) is 0 Å². The van der Waals surface area contributed by atoms with Crippen LogP contribution in [0.25, 0.3) is 4.96 Å². The van der Waals surface area contributed by atoms with E-state index in [1.165, 1.54) is 0 Å². The van der Waals surface area contributed by atoms with E-state index in [1.54, 1.807) is 11.3 Å². The fourth-order valence-corrected chi connectivity index (χ4v) is 2.14. The standard InChI is InChI=1S/C10H13N3OS/c1-11-3-2-9(14)6-8-7-13-4-5-15-10(13)12-8/h4-5,7,11H,2-3,6H2,1H3. The number of nitrogens with zero attached hydrogens (tertiary/aromatic N) is 2. The Bertz CT molecular complexity index is 431. The van der Waals surface area contributed by atoms with E-state index in [0.717, 1.165) is 17.2 Å². The van der Waals surface area contributed by atoms with Crippen molar-refractivity contribution in [2.75, 3.05) is 13.6 Å². The van der Waals surface area contributed by atoms with Gasteiger partial charge in [-0.1, -0.05) is 0 Å². The maximum atomic E-state index is 11.5. The van der Waals surface area contributed by atoms with Gasteiger partial charge in [0, 0.05) is 30.7 Å². The van der Waals surface area contributed by atoms with E-state index in [-0.39, 0.29) is 5.78 Å². The van der Waals surface area contributed by atoms with Crippen LogP contribution in [0.2, 0.25) is 0 Å². The zero-order valence-corrected chi connectivity index (χ0v) is 9.38. The molecule has 0 aliphatic heterocycles. The van der Waals surface area contributed by atoms with Crippen molar-refractivity contribution in [3.8, 4) is 0 Å².